The van der Waals surface area contributed by atoms with Gasteiger partial charge in [0.05, 0.1) is 0 Å². The summed E-state index contributed by atoms with van der Waals surface area (Å²) in [7, 11) is 0. The second kappa shape index (κ2) is 5.31. The summed E-state index contributed by atoms with van der Waals surface area (Å²) in [6.45, 7) is 1.89. The van der Waals surface area contributed by atoms with E-state index in [1.807, 2.05) is 37.3 Å². The molecule has 0 heterocycles. The van der Waals surface area contributed by atoms with Crippen LogP contribution in [0.1, 0.15) is 15.9 Å². The largest absolute Gasteiger partial charge is 0.457 e. The molecule has 0 bridgehead atoms. The first-order valence-electron chi connectivity index (χ1n) is 5.18. The second-order valence-electron chi connectivity index (χ2n) is 3.69. The minimum Gasteiger partial charge on any atom is -0.457 e. The minimum atomic E-state index is 0.694. The van der Waals surface area contributed by atoms with Crippen LogP contribution in [0.3, 0.4) is 0 Å². The van der Waals surface area contributed by atoms with Gasteiger partial charge in [-0.1, -0.05) is 0 Å². The van der Waals surface area contributed by atoms with E-state index in [0.29, 0.717) is 5.56 Å². The van der Waals surface area contributed by atoms with Gasteiger partial charge in [-0.2, -0.15) is 0 Å². The van der Waals surface area contributed by atoms with Crippen LogP contribution < -0.4 is 4.74 Å². The summed E-state index contributed by atoms with van der Waals surface area (Å²) < 4.78 is 6.86. The third-order valence-electron chi connectivity index (χ3n) is 2.42. The van der Waals surface area contributed by atoms with Crippen molar-refractivity contribution in [3.8, 4) is 11.5 Å². The van der Waals surface area contributed by atoms with E-state index in [4.69, 9.17) is 4.74 Å². The third-order valence-corrected chi connectivity index (χ3v) is 3.14. The quantitative estimate of drug-likeness (QED) is 0.619. The zero-order valence-electron chi connectivity index (χ0n) is 9.31. The summed E-state index contributed by atoms with van der Waals surface area (Å²) in [5.41, 5.74) is 1.61. The van der Waals surface area contributed by atoms with Crippen LogP contribution >= 0.6 is 22.6 Å². The van der Waals surface area contributed by atoms with Gasteiger partial charge in [0.2, 0.25) is 0 Å². The molecular formula is C14H11IO2. The molecule has 0 radical (unpaired) electrons. The van der Waals surface area contributed by atoms with Crippen LogP contribution in [0, 0.1) is 10.5 Å². The van der Waals surface area contributed by atoms with Gasteiger partial charge in [-0.05, 0) is 77.5 Å². The number of halogens is 1. The average Bonchev–Trinajstić information content (AvgIpc) is 2.32. The molecule has 2 nitrogen and oxygen atoms in total. The fourth-order valence-electron chi connectivity index (χ4n) is 1.48. The number of carbonyl (C=O) groups is 1. The number of benzene rings is 2. The van der Waals surface area contributed by atoms with E-state index in [1.54, 1.807) is 12.1 Å². The molecule has 0 aliphatic heterocycles. The molecule has 0 saturated carbocycles. The highest BCUT2D eigenvalue weighted by Crippen LogP contribution is 2.23. The lowest BCUT2D eigenvalue weighted by molar-refractivity contribution is 0.112. The lowest BCUT2D eigenvalue weighted by atomic mass is 10.1. The van der Waals surface area contributed by atoms with Gasteiger partial charge < -0.3 is 4.74 Å². The van der Waals surface area contributed by atoms with E-state index in [0.717, 1.165) is 23.3 Å². The molecule has 2 aromatic rings. The van der Waals surface area contributed by atoms with Gasteiger partial charge in [0.1, 0.15) is 17.8 Å². The Kier molecular flexibility index (Phi) is 3.78. The zero-order valence-corrected chi connectivity index (χ0v) is 11.5. The monoisotopic (exact) mass is 338 g/mol. The number of hydrogen-bond donors (Lipinski definition) is 0. The lowest BCUT2D eigenvalue weighted by Crippen LogP contribution is -1.89. The Balaban J connectivity index is 2.21. The van der Waals surface area contributed by atoms with E-state index in [2.05, 4.69) is 22.6 Å². The summed E-state index contributed by atoms with van der Waals surface area (Å²) in [4.78, 5) is 10.7. The Hall–Kier alpha value is -1.36. The van der Waals surface area contributed by atoms with Crippen molar-refractivity contribution in [1.29, 1.82) is 0 Å². The van der Waals surface area contributed by atoms with Crippen molar-refractivity contribution in [2.45, 2.75) is 6.92 Å². The summed E-state index contributed by atoms with van der Waals surface area (Å²) in [6, 6.07) is 13.3. The summed E-state index contributed by atoms with van der Waals surface area (Å²) in [5, 5.41) is 0. The highest BCUT2D eigenvalue weighted by Gasteiger charge is 2.01. The van der Waals surface area contributed by atoms with E-state index in [1.165, 1.54) is 3.57 Å². The number of carbonyl (C=O) groups excluding carboxylic acids is 1. The molecule has 0 spiro atoms. The predicted octanol–water partition coefficient (Wildman–Crippen LogP) is 4.20. The SMILES string of the molecule is Cc1cc(Oc2ccc(I)cc2)ccc1C=O. The van der Waals surface area contributed by atoms with Crippen molar-refractivity contribution in [3.05, 3.63) is 57.2 Å². The number of rotatable bonds is 3. The predicted molar refractivity (Wildman–Crippen MR) is 75.8 cm³/mol. The molecule has 0 N–H and O–H groups in total. The fourth-order valence-corrected chi connectivity index (χ4v) is 1.84. The molecule has 0 aliphatic rings. The van der Waals surface area contributed by atoms with E-state index >= 15 is 0 Å². The molecule has 2 aromatic carbocycles. The van der Waals surface area contributed by atoms with Crippen LogP contribution in [0.5, 0.6) is 11.5 Å². The van der Waals surface area contributed by atoms with Gasteiger partial charge in [0.25, 0.3) is 0 Å². The van der Waals surface area contributed by atoms with Crippen molar-refractivity contribution in [2.24, 2.45) is 0 Å². The zero-order chi connectivity index (χ0) is 12.3. The van der Waals surface area contributed by atoms with Crippen LogP contribution in [0.15, 0.2) is 42.5 Å². The third kappa shape index (κ3) is 3.06. The van der Waals surface area contributed by atoms with Gasteiger partial charge in [0, 0.05) is 9.13 Å². The highest BCUT2D eigenvalue weighted by atomic mass is 127. The first-order chi connectivity index (χ1) is 8.19. The Morgan fingerprint density at radius 3 is 2.29 bits per heavy atom. The maximum atomic E-state index is 10.7. The van der Waals surface area contributed by atoms with Crippen molar-refractivity contribution >= 4 is 28.9 Å². The van der Waals surface area contributed by atoms with Gasteiger partial charge in [-0.25, -0.2) is 0 Å². The minimum absolute atomic E-state index is 0.694. The van der Waals surface area contributed by atoms with Crippen LogP contribution in [0.4, 0.5) is 0 Å². The van der Waals surface area contributed by atoms with Crippen molar-refractivity contribution in [1.82, 2.24) is 0 Å². The Morgan fingerprint density at radius 2 is 1.71 bits per heavy atom. The molecule has 0 amide bonds. The maximum absolute atomic E-state index is 10.7. The molecule has 17 heavy (non-hydrogen) atoms. The smallest absolute Gasteiger partial charge is 0.150 e. The summed E-state index contributed by atoms with van der Waals surface area (Å²) in [6.07, 6.45) is 0.851. The first kappa shape index (κ1) is 12.1. The second-order valence-corrected chi connectivity index (χ2v) is 4.94. The van der Waals surface area contributed by atoms with Gasteiger partial charge in [-0.15, -0.1) is 0 Å². The average molecular weight is 338 g/mol. The topological polar surface area (TPSA) is 26.3 Å². The van der Waals surface area contributed by atoms with Gasteiger partial charge >= 0.3 is 0 Å². The summed E-state index contributed by atoms with van der Waals surface area (Å²) in [5.74, 6) is 1.54. The molecule has 3 heteroatoms. The molecule has 86 valence electrons. The molecule has 0 aliphatic carbocycles. The first-order valence-corrected chi connectivity index (χ1v) is 6.26. The van der Waals surface area contributed by atoms with Crippen molar-refractivity contribution in [2.75, 3.05) is 0 Å². The van der Waals surface area contributed by atoms with Crippen molar-refractivity contribution in [3.63, 3.8) is 0 Å². The maximum Gasteiger partial charge on any atom is 0.150 e. The highest BCUT2D eigenvalue weighted by molar-refractivity contribution is 14.1. The molecule has 2 rings (SSSR count). The van der Waals surface area contributed by atoms with Crippen LogP contribution in [0.25, 0.3) is 0 Å². The van der Waals surface area contributed by atoms with Crippen LogP contribution in [-0.2, 0) is 0 Å². The van der Waals surface area contributed by atoms with E-state index in [-0.39, 0.29) is 0 Å². The molecule has 0 atom stereocenters. The van der Waals surface area contributed by atoms with Gasteiger partial charge in [0.15, 0.2) is 0 Å². The summed E-state index contributed by atoms with van der Waals surface area (Å²) >= 11 is 2.25. The number of aldehydes is 1. The Labute approximate surface area is 114 Å². The van der Waals surface area contributed by atoms with E-state index < -0.39 is 0 Å². The lowest BCUT2D eigenvalue weighted by Gasteiger charge is -2.07. The van der Waals surface area contributed by atoms with Crippen LogP contribution in [-0.4, -0.2) is 6.29 Å². The van der Waals surface area contributed by atoms with Gasteiger partial charge in [-0.3, -0.25) is 4.79 Å². The molecule has 0 saturated heterocycles. The van der Waals surface area contributed by atoms with E-state index in [9.17, 15) is 4.79 Å². The van der Waals surface area contributed by atoms with Crippen LogP contribution in [0.2, 0.25) is 0 Å². The molecular weight excluding hydrogens is 327 g/mol. The molecule has 0 fully saturated rings. The number of ether oxygens (including phenoxy) is 1. The fraction of sp³-hybridized carbons (Fsp3) is 0.0714. The number of aryl methyl sites for hydroxylation is 1. The Bertz CT molecular complexity index is 532. The normalized spacial score (nSPS) is 10.0. The molecule has 0 unspecified atom stereocenters. The number of hydrogen-bond acceptors (Lipinski definition) is 2. The Morgan fingerprint density at radius 1 is 1.06 bits per heavy atom. The van der Waals surface area contributed by atoms with Crippen molar-refractivity contribution < 1.29 is 9.53 Å². The molecule has 0 aromatic heterocycles. The standard InChI is InChI=1S/C14H11IO2/c1-10-8-14(5-2-11(10)9-16)17-13-6-3-12(15)4-7-13/h2-9H,1H3.